The maximum atomic E-state index is 13.2. The first-order valence-electron chi connectivity index (χ1n) is 10.8. The third-order valence-corrected chi connectivity index (χ3v) is 9.04. The number of hydrogen-bond donors (Lipinski definition) is 0. The van der Waals surface area contributed by atoms with E-state index in [-0.39, 0.29) is 34.8 Å². The van der Waals surface area contributed by atoms with Crippen molar-refractivity contribution in [2.75, 3.05) is 17.3 Å². The standard InChI is InChI=1S/C23H27FN4O3S2/c1-15-10-20(16(2)28(15)12-17-4-6-19(24)7-5-17)21(29)13-32-23-26-25-22(27(23)3)11-18-8-9-33(30,31)14-18/h4-7,10,18H,8-9,11-14H2,1-3H3/t18-/m0/s1. The Morgan fingerprint density at radius 3 is 2.61 bits per heavy atom. The molecule has 0 saturated carbocycles. The molecule has 1 saturated heterocycles. The Hall–Kier alpha value is -2.46. The molecule has 3 heterocycles. The van der Waals surface area contributed by atoms with Gasteiger partial charge in [-0.3, -0.25) is 4.79 Å². The third-order valence-electron chi connectivity index (χ3n) is 6.18. The number of Topliss-reactive ketones (excluding diaryl/α,β-unsaturated/α-hetero) is 1. The van der Waals surface area contributed by atoms with Crippen LogP contribution in [0.2, 0.25) is 0 Å². The van der Waals surface area contributed by atoms with Gasteiger partial charge in [-0.05, 0) is 49.9 Å². The Morgan fingerprint density at radius 2 is 1.94 bits per heavy atom. The quantitative estimate of drug-likeness (QED) is 0.355. The number of carbonyl (C=O) groups is 1. The maximum Gasteiger partial charge on any atom is 0.191 e. The lowest BCUT2D eigenvalue weighted by Gasteiger charge is -2.10. The lowest BCUT2D eigenvalue weighted by Crippen LogP contribution is -2.11. The molecule has 0 aliphatic carbocycles. The summed E-state index contributed by atoms with van der Waals surface area (Å²) in [6, 6.07) is 8.26. The van der Waals surface area contributed by atoms with E-state index in [1.54, 1.807) is 12.1 Å². The Labute approximate surface area is 197 Å². The number of halogens is 1. The van der Waals surface area contributed by atoms with Gasteiger partial charge in [0.1, 0.15) is 11.6 Å². The smallest absolute Gasteiger partial charge is 0.191 e. The van der Waals surface area contributed by atoms with Crippen LogP contribution in [-0.2, 0) is 29.9 Å². The summed E-state index contributed by atoms with van der Waals surface area (Å²) in [7, 11) is -1.08. The molecule has 0 N–H and O–H groups in total. The molecule has 0 bridgehead atoms. The van der Waals surface area contributed by atoms with E-state index in [1.165, 1.54) is 23.9 Å². The van der Waals surface area contributed by atoms with E-state index >= 15 is 0 Å². The molecule has 10 heteroatoms. The molecule has 0 radical (unpaired) electrons. The van der Waals surface area contributed by atoms with Gasteiger partial charge in [-0.15, -0.1) is 10.2 Å². The number of ketones is 1. The molecule has 176 valence electrons. The molecule has 0 spiro atoms. The second-order valence-corrected chi connectivity index (χ2v) is 11.8. The highest BCUT2D eigenvalue weighted by Crippen LogP contribution is 2.25. The van der Waals surface area contributed by atoms with Gasteiger partial charge in [-0.25, -0.2) is 12.8 Å². The van der Waals surface area contributed by atoms with Gasteiger partial charge in [-0.2, -0.15) is 0 Å². The van der Waals surface area contributed by atoms with Crippen molar-refractivity contribution in [2.24, 2.45) is 13.0 Å². The Kier molecular flexibility index (Phi) is 6.76. The zero-order valence-corrected chi connectivity index (χ0v) is 20.5. The van der Waals surface area contributed by atoms with E-state index < -0.39 is 9.84 Å². The van der Waals surface area contributed by atoms with E-state index in [1.807, 2.05) is 31.5 Å². The number of rotatable bonds is 8. The fourth-order valence-corrected chi connectivity index (χ4v) is 6.92. The zero-order chi connectivity index (χ0) is 23.8. The van der Waals surface area contributed by atoms with Gasteiger partial charge in [0.05, 0.1) is 17.3 Å². The molecule has 4 rings (SSSR count). The van der Waals surface area contributed by atoms with Crippen LogP contribution in [0.25, 0.3) is 0 Å². The van der Waals surface area contributed by atoms with E-state index in [0.29, 0.717) is 30.1 Å². The van der Waals surface area contributed by atoms with Gasteiger partial charge in [0.25, 0.3) is 0 Å². The van der Waals surface area contributed by atoms with Crippen molar-refractivity contribution in [1.29, 1.82) is 0 Å². The first kappa shape index (κ1) is 23.7. The summed E-state index contributed by atoms with van der Waals surface area (Å²) in [5.74, 6) is 1.22. The molecular weight excluding hydrogens is 463 g/mol. The van der Waals surface area contributed by atoms with Crippen LogP contribution in [0.3, 0.4) is 0 Å². The maximum absolute atomic E-state index is 13.2. The molecule has 1 aliphatic heterocycles. The molecule has 2 aromatic heterocycles. The van der Waals surface area contributed by atoms with Crippen molar-refractivity contribution in [3.05, 3.63) is 64.5 Å². The van der Waals surface area contributed by atoms with Crippen LogP contribution in [0, 0.1) is 25.6 Å². The molecule has 1 atom stereocenters. The topological polar surface area (TPSA) is 86.9 Å². The summed E-state index contributed by atoms with van der Waals surface area (Å²) in [6.07, 6.45) is 1.23. The van der Waals surface area contributed by atoms with Crippen molar-refractivity contribution in [3.63, 3.8) is 0 Å². The number of aromatic nitrogens is 4. The molecular formula is C23H27FN4O3S2. The van der Waals surface area contributed by atoms with E-state index in [2.05, 4.69) is 14.8 Å². The summed E-state index contributed by atoms with van der Waals surface area (Å²) in [5.41, 5.74) is 3.48. The summed E-state index contributed by atoms with van der Waals surface area (Å²) in [5, 5.41) is 9.07. The highest BCUT2D eigenvalue weighted by Gasteiger charge is 2.29. The zero-order valence-electron chi connectivity index (χ0n) is 18.9. The van der Waals surface area contributed by atoms with Crippen molar-refractivity contribution in [2.45, 2.75) is 38.4 Å². The first-order chi connectivity index (χ1) is 15.6. The summed E-state index contributed by atoms with van der Waals surface area (Å²) < 4.78 is 40.5. The van der Waals surface area contributed by atoms with Crippen molar-refractivity contribution in [3.8, 4) is 0 Å². The van der Waals surface area contributed by atoms with E-state index in [0.717, 1.165) is 22.8 Å². The van der Waals surface area contributed by atoms with Crippen molar-refractivity contribution >= 4 is 27.4 Å². The highest BCUT2D eigenvalue weighted by atomic mass is 32.2. The van der Waals surface area contributed by atoms with E-state index in [9.17, 15) is 17.6 Å². The normalized spacial score (nSPS) is 17.5. The molecule has 1 fully saturated rings. The van der Waals surface area contributed by atoms with Crippen LogP contribution in [0.15, 0.2) is 35.5 Å². The van der Waals surface area contributed by atoms with Gasteiger partial charge < -0.3 is 9.13 Å². The largest absolute Gasteiger partial charge is 0.344 e. The number of carbonyl (C=O) groups excluding carboxylic acids is 1. The average Bonchev–Trinajstić information content (AvgIpc) is 3.39. The van der Waals surface area contributed by atoms with Gasteiger partial charge >= 0.3 is 0 Å². The number of hydrogen-bond acceptors (Lipinski definition) is 6. The predicted octanol–water partition coefficient (Wildman–Crippen LogP) is 3.37. The fourth-order valence-electron chi connectivity index (χ4n) is 4.25. The van der Waals surface area contributed by atoms with Crippen molar-refractivity contribution in [1.82, 2.24) is 19.3 Å². The molecule has 33 heavy (non-hydrogen) atoms. The second kappa shape index (κ2) is 9.42. The van der Waals surface area contributed by atoms with Crippen LogP contribution >= 0.6 is 11.8 Å². The molecule has 0 unspecified atom stereocenters. The lowest BCUT2D eigenvalue weighted by atomic mass is 10.1. The minimum atomic E-state index is -2.93. The van der Waals surface area contributed by atoms with Crippen LogP contribution in [0.5, 0.6) is 0 Å². The summed E-state index contributed by atoms with van der Waals surface area (Å²) >= 11 is 1.33. The molecule has 0 amide bonds. The molecule has 1 aliphatic rings. The van der Waals surface area contributed by atoms with Gasteiger partial charge in [0, 0.05) is 37.0 Å². The first-order valence-corrected chi connectivity index (χ1v) is 13.6. The van der Waals surface area contributed by atoms with Gasteiger partial charge in [0.2, 0.25) is 0 Å². The van der Waals surface area contributed by atoms with Crippen molar-refractivity contribution < 1.29 is 17.6 Å². The predicted molar refractivity (Wildman–Crippen MR) is 126 cm³/mol. The number of thioether (sulfide) groups is 1. The summed E-state index contributed by atoms with van der Waals surface area (Å²) in [4.78, 5) is 13.0. The van der Waals surface area contributed by atoms with Gasteiger partial charge in [0.15, 0.2) is 20.8 Å². The minimum absolute atomic E-state index is 0.00453. The Bertz CT molecular complexity index is 1280. The number of benzene rings is 1. The molecule has 7 nitrogen and oxygen atoms in total. The number of aryl methyl sites for hydroxylation is 1. The van der Waals surface area contributed by atoms with Crippen LogP contribution < -0.4 is 0 Å². The molecule has 3 aromatic rings. The van der Waals surface area contributed by atoms with Gasteiger partial charge in [-0.1, -0.05) is 23.9 Å². The Balaban J connectivity index is 1.40. The van der Waals surface area contributed by atoms with Crippen LogP contribution in [0.4, 0.5) is 4.39 Å². The number of sulfone groups is 1. The SMILES string of the molecule is Cc1cc(C(=O)CSc2nnc(C[C@@H]3CCS(=O)(=O)C3)n2C)c(C)n1Cc1ccc(F)cc1. The fraction of sp³-hybridized carbons (Fsp3) is 0.435. The number of nitrogens with zero attached hydrogens (tertiary/aromatic N) is 4. The lowest BCUT2D eigenvalue weighted by molar-refractivity contribution is 0.102. The Morgan fingerprint density at radius 1 is 1.21 bits per heavy atom. The highest BCUT2D eigenvalue weighted by molar-refractivity contribution is 7.99. The monoisotopic (exact) mass is 490 g/mol. The van der Waals surface area contributed by atoms with E-state index in [4.69, 9.17) is 0 Å². The average molecular weight is 491 g/mol. The molecule has 1 aromatic carbocycles. The second-order valence-electron chi connectivity index (χ2n) is 8.64. The third kappa shape index (κ3) is 5.38. The summed E-state index contributed by atoms with van der Waals surface area (Å²) in [6.45, 7) is 4.45. The minimum Gasteiger partial charge on any atom is -0.344 e. The van der Waals surface area contributed by atoms with Crippen LogP contribution in [-0.4, -0.2) is 50.8 Å². The van der Waals surface area contributed by atoms with Crippen LogP contribution in [0.1, 0.15) is 39.6 Å².